The van der Waals surface area contributed by atoms with Crippen molar-refractivity contribution < 1.29 is 18.4 Å². The maximum atomic E-state index is 13.8. The number of nitrogens with zero attached hydrogens (tertiary/aromatic N) is 2. The minimum atomic E-state index is -0.489. The number of rotatable bonds is 8. The number of carbonyl (C=O) groups excluding carboxylic acids is 2. The molecule has 0 saturated heterocycles. The first-order chi connectivity index (χ1) is 16.2. The second kappa shape index (κ2) is 10.9. The van der Waals surface area contributed by atoms with Crippen molar-refractivity contribution >= 4 is 23.2 Å². The Labute approximate surface area is 199 Å². The fourth-order valence-corrected chi connectivity index (χ4v) is 3.68. The Morgan fingerprint density at radius 2 is 1.53 bits per heavy atom. The van der Waals surface area contributed by atoms with Crippen LogP contribution in [0.5, 0.6) is 0 Å². The van der Waals surface area contributed by atoms with E-state index in [1.54, 1.807) is 23.1 Å². The predicted molar refractivity (Wildman–Crippen MR) is 131 cm³/mol. The first-order valence-electron chi connectivity index (χ1n) is 11.1. The van der Waals surface area contributed by atoms with Gasteiger partial charge in [0.2, 0.25) is 0 Å². The summed E-state index contributed by atoms with van der Waals surface area (Å²) in [6.45, 7) is 4.20. The van der Waals surface area contributed by atoms with Crippen molar-refractivity contribution in [3.8, 4) is 0 Å². The van der Waals surface area contributed by atoms with Crippen LogP contribution in [0.4, 0.5) is 20.2 Å². The molecule has 3 aromatic rings. The van der Waals surface area contributed by atoms with E-state index >= 15 is 0 Å². The summed E-state index contributed by atoms with van der Waals surface area (Å²) in [6.07, 6.45) is 0.717. The summed E-state index contributed by atoms with van der Waals surface area (Å²) in [5.74, 6) is -1.66. The van der Waals surface area contributed by atoms with E-state index in [0.29, 0.717) is 12.1 Å². The van der Waals surface area contributed by atoms with Crippen molar-refractivity contribution in [1.82, 2.24) is 4.90 Å². The van der Waals surface area contributed by atoms with Crippen LogP contribution in [-0.2, 0) is 6.54 Å². The average Bonchev–Trinajstić information content (AvgIpc) is 2.81. The molecule has 0 aromatic heterocycles. The molecule has 0 saturated carbocycles. The standard InChI is InChI=1S/C27H29F2N3O2/c1-5-18(2)32(27(34)20-9-7-11-23(29)15-20)17-21-16-24(12-13-25(21)31(3)4)30-26(33)19-8-6-10-22(28)14-19/h6-16,18H,5,17H2,1-4H3,(H,30,33)/t18-/m1/s1. The average molecular weight is 466 g/mol. The summed E-state index contributed by atoms with van der Waals surface area (Å²) in [5.41, 5.74) is 2.70. The molecule has 3 rings (SSSR count). The number of amides is 2. The Balaban J connectivity index is 1.93. The highest BCUT2D eigenvalue weighted by Crippen LogP contribution is 2.27. The topological polar surface area (TPSA) is 52.7 Å². The first-order valence-corrected chi connectivity index (χ1v) is 11.1. The highest BCUT2D eigenvalue weighted by Gasteiger charge is 2.23. The normalized spacial score (nSPS) is 11.6. The van der Waals surface area contributed by atoms with Gasteiger partial charge in [-0.2, -0.15) is 0 Å². The summed E-state index contributed by atoms with van der Waals surface area (Å²) in [6, 6.07) is 16.5. The molecule has 0 aliphatic heterocycles. The summed E-state index contributed by atoms with van der Waals surface area (Å²) in [4.78, 5) is 29.5. The molecule has 178 valence electrons. The van der Waals surface area contributed by atoms with Gasteiger partial charge in [-0.05, 0) is 73.5 Å². The lowest BCUT2D eigenvalue weighted by Gasteiger charge is -2.31. The van der Waals surface area contributed by atoms with Gasteiger partial charge < -0.3 is 15.1 Å². The van der Waals surface area contributed by atoms with Gasteiger partial charge in [-0.15, -0.1) is 0 Å². The van der Waals surface area contributed by atoms with Crippen molar-refractivity contribution in [2.45, 2.75) is 32.9 Å². The molecular formula is C27H29F2N3O2. The zero-order valence-electron chi connectivity index (χ0n) is 19.8. The molecule has 0 heterocycles. The SMILES string of the molecule is CC[C@@H](C)N(Cc1cc(NC(=O)c2cccc(F)c2)ccc1N(C)C)C(=O)c1cccc(F)c1. The fraction of sp³-hybridized carbons (Fsp3) is 0.259. The molecule has 0 aliphatic rings. The highest BCUT2D eigenvalue weighted by molar-refractivity contribution is 6.04. The van der Waals surface area contributed by atoms with Crippen molar-refractivity contribution in [2.75, 3.05) is 24.3 Å². The number of hydrogen-bond donors (Lipinski definition) is 1. The largest absolute Gasteiger partial charge is 0.377 e. The van der Waals surface area contributed by atoms with E-state index in [1.165, 1.54) is 42.5 Å². The lowest BCUT2D eigenvalue weighted by Crippen LogP contribution is -2.38. The Kier molecular flexibility index (Phi) is 7.99. The third-order valence-corrected chi connectivity index (χ3v) is 5.70. The van der Waals surface area contributed by atoms with Crippen LogP contribution >= 0.6 is 0 Å². The number of hydrogen-bond acceptors (Lipinski definition) is 3. The molecule has 0 spiro atoms. The van der Waals surface area contributed by atoms with Gasteiger partial charge in [0.15, 0.2) is 0 Å². The van der Waals surface area contributed by atoms with Crippen LogP contribution in [-0.4, -0.2) is 36.9 Å². The number of halogens is 2. The quantitative estimate of drug-likeness (QED) is 0.463. The van der Waals surface area contributed by atoms with Crippen molar-refractivity contribution in [2.24, 2.45) is 0 Å². The van der Waals surface area contributed by atoms with Gasteiger partial charge >= 0.3 is 0 Å². The number of nitrogens with one attached hydrogen (secondary N) is 1. The summed E-state index contributed by atoms with van der Waals surface area (Å²) in [7, 11) is 3.79. The minimum absolute atomic E-state index is 0.101. The molecule has 0 unspecified atom stereocenters. The third-order valence-electron chi connectivity index (χ3n) is 5.70. The third kappa shape index (κ3) is 5.98. The van der Waals surface area contributed by atoms with Crippen LogP contribution in [0.3, 0.4) is 0 Å². The fourth-order valence-electron chi connectivity index (χ4n) is 3.68. The molecule has 7 heteroatoms. The van der Waals surface area contributed by atoms with Crippen LogP contribution in [0.1, 0.15) is 46.5 Å². The summed E-state index contributed by atoms with van der Waals surface area (Å²) in [5, 5.41) is 2.80. The molecular weight excluding hydrogens is 436 g/mol. The lowest BCUT2D eigenvalue weighted by atomic mass is 10.1. The Bertz CT molecular complexity index is 1180. The Morgan fingerprint density at radius 1 is 0.912 bits per heavy atom. The minimum Gasteiger partial charge on any atom is -0.377 e. The van der Waals surface area contributed by atoms with Gasteiger partial charge in [0, 0.05) is 49.2 Å². The molecule has 0 aliphatic carbocycles. The number of anilines is 2. The van der Waals surface area contributed by atoms with E-state index in [2.05, 4.69) is 5.32 Å². The first kappa shape index (κ1) is 24.9. The second-order valence-electron chi connectivity index (χ2n) is 8.40. The van der Waals surface area contributed by atoms with Gasteiger partial charge in [-0.1, -0.05) is 19.1 Å². The zero-order chi connectivity index (χ0) is 24.8. The monoisotopic (exact) mass is 465 g/mol. The van der Waals surface area contributed by atoms with Gasteiger partial charge in [-0.25, -0.2) is 8.78 Å². The molecule has 0 fully saturated rings. The maximum absolute atomic E-state index is 13.8. The molecule has 5 nitrogen and oxygen atoms in total. The van der Waals surface area contributed by atoms with E-state index in [-0.39, 0.29) is 29.6 Å². The van der Waals surface area contributed by atoms with E-state index in [4.69, 9.17) is 0 Å². The van der Waals surface area contributed by atoms with Crippen molar-refractivity contribution in [1.29, 1.82) is 0 Å². The molecule has 34 heavy (non-hydrogen) atoms. The molecule has 3 aromatic carbocycles. The molecule has 1 N–H and O–H groups in total. The zero-order valence-corrected chi connectivity index (χ0v) is 19.8. The van der Waals surface area contributed by atoms with Crippen LogP contribution in [0, 0.1) is 11.6 Å². The number of carbonyl (C=O) groups is 2. The summed E-state index contributed by atoms with van der Waals surface area (Å²) >= 11 is 0. The lowest BCUT2D eigenvalue weighted by molar-refractivity contribution is 0.0671. The highest BCUT2D eigenvalue weighted by atomic mass is 19.1. The van der Waals surface area contributed by atoms with E-state index in [0.717, 1.165) is 11.3 Å². The van der Waals surface area contributed by atoms with Crippen LogP contribution in [0.2, 0.25) is 0 Å². The summed E-state index contributed by atoms with van der Waals surface area (Å²) < 4.78 is 27.3. The van der Waals surface area contributed by atoms with E-state index in [1.807, 2.05) is 38.9 Å². The van der Waals surface area contributed by atoms with Crippen LogP contribution in [0.25, 0.3) is 0 Å². The van der Waals surface area contributed by atoms with Gasteiger partial charge in [0.05, 0.1) is 0 Å². The molecule has 0 bridgehead atoms. The van der Waals surface area contributed by atoms with Gasteiger partial charge in [0.25, 0.3) is 11.8 Å². The molecule has 2 amide bonds. The van der Waals surface area contributed by atoms with Crippen LogP contribution in [0.15, 0.2) is 66.7 Å². The second-order valence-corrected chi connectivity index (χ2v) is 8.40. The predicted octanol–water partition coefficient (Wildman–Crippen LogP) is 5.72. The Morgan fingerprint density at radius 3 is 2.12 bits per heavy atom. The molecule has 1 atom stereocenters. The number of benzene rings is 3. The van der Waals surface area contributed by atoms with Crippen molar-refractivity contribution in [3.63, 3.8) is 0 Å². The van der Waals surface area contributed by atoms with Gasteiger partial charge in [-0.3, -0.25) is 9.59 Å². The van der Waals surface area contributed by atoms with E-state index < -0.39 is 17.5 Å². The van der Waals surface area contributed by atoms with Crippen molar-refractivity contribution in [3.05, 3.63) is 95.1 Å². The Hall–Kier alpha value is -3.74. The molecule has 0 radical (unpaired) electrons. The maximum Gasteiger partial charge on any atom is 0.255 e. The smallest absolute Gasteiger partial charge is 0.255 e. The van der Waals surface area contributed by atoms with E-state index in [9.17, 15) is 18.4 Å². The van der Waals surface area contributed by atoms with Gasteiger partial charge in [0.1, 0.15) is 11.6 Å². The van der Waals surface area contributed by atoms with Crippen LogP contribution < -0.4 is 10.2 Å².